The summed E-state index contributed by atoms with van der Waals surface area (Å²) in [6, 6.07) is 1.94. The fraction of sp³-hybridized carbons (Fsp3) is 0.444. The van der Waals surface area contributed by atoms with Crippen LogP contribution in [0.4, 0.5) is 5.13 Å². The predicted octanol–water partition coefficient (Wildman–Crippen LogP) is 3.05. The van der Waals surface area contributed by atoms with Gasteiger partial charge in [0.25, 0.3) is 0 Å². The van der Waals surface area contributed by atoms with Crippen molar-refractivity contribution in [3.05, 3.63) is 24.9 Å². The molecule has 2 N–H and O–H groups in total. The Morgan fingerprint density at radius 2 is 1.96 bits per heavy atom. The molecule has 0 spiro atoms. The molecule has 0 radical (unpaired) electrons. The third-order valence-corrected chi connectivity index (χ3v) is 7.98. The van der Waals surface area contributed by atoms with Gasteiger partial charge in [-0.05, 0) is 25.7 Å². The van der Waals surface area contributed by atoms with Gasteiger partial charge in [-0.25, -0.2) is 15.0 Å². The van der Waals surface area contributed by atoms with Crippen LogP contribution in [0.1, 0.15) is 25.7 Å². The number of aromatic amines is 1. The Bertz CT molecular complexity index is 1070. The maximum Gasteiger partial charge on any atom is 0.198 e. The van der Waals surface area contributed by atoms with Crippen molar-refractivity contribution in [3.8, 4) is 16.4 Å². The van der Waals surface area contributed by atoms with E-state index in [4.69, 9.17) is 9.97 Å². The van der Waals surface area contributed by atoms with Crippen LogP contribution in [0.2, 0.25) is 0 Å². The number of fused-ring (bicyclic) bond motifs is 3. The molecule has 28 heavy (non-hydrogen) atoms. The number of anilines is 1. The van der Waals surface area contributed by atoms with Gasteiger partial charge in [0, 0.05) is 43.1 Å². The van der Waals surface area contributed by atoms with Crippen LogP contribution in [-0.2, 0) is 0 Å². The molecule has 2 saturated heterocycles. The van der Waals surface area contributed by atoms with Crippen molar-refractivity contribution >= 4 is 37.5 Å². The molecule has 10 heteroatoms. The zero-order chi connectivity index (χ0) is 18.7. The number of hydrogen-bond acceptors (Lipinski definition) is 8. The third kappa shape index (κ3) is 2.75. The number of H-pyrrole nitrogens is 1. The molecule has 2 aliphatic heterocycles. The lowest BCUT2D eigenvalue weighted by atomic mass is 9.99. The number of rotatable bonds is 4. The van der Waals surface area contributed by atoms with Crippen molar-refractivity contribution in [2.75, 3.05) is 11.9 Å². The molecule has 6 rings (SSSR count). The van der Waals surface area contributed by atoms with Gasteiger partial charge in [0.05, 0.1) is 11.9 Å². The molecule has 0 saturated carbocycles. The van der Waals surface area contributed by atoms with Gasteiger partial charge in [-0.2, -0.15) is 5.10 Å². The molecule has 144 valence electrons. The standard InChI is InChI=1S/C18H20N8S2/c1-25(13-4-11-2-3-12(5-13)22-11)17-23-15-16(27-17)24-18(28-15)26-8-14(19-9-26)10-6-20-21-7-10/h6-9,11-13,22H,2-5H2,1H3,(H,20,21)/t11-,12+,13-. The van der Waals surface area contributed by atoms with Gasteiger partial charge in [-0.3, -0.25) is 9.67 Å². The first-order valence-corrected chi connectivity index (χ1v) is 11.2. The van der Waals surface area contributed by atoms with E-state index in [1.54, 1.807) is 35.2 Å². The summed E-state index contributed by atoms with van der Waals surface area (Å²) in [4.78, 5) is 18.5. The van der Waals surface area contributed by atoms with E-state index in [-0.39, 0.29) is 0 Å². The Kier molecular flexibility index (Phi) is 3.78. The highest BCUT2D eigenvalue weighted by Crippen LogP contribution is 2.37. The molecular formula is C18H20N8S2. The average Bonchev–Trinajstić information content (AvgIpc) is 3.48. The number of nitrogens with zero attached hydrogens (tertiary/aromatic N) is 6. The van der Waals surface area contributed by atoms with Crippen LogP contribution in [0, 0.1) is 0 Å². The number of thiazole rings is 2. The lowest BCUT2D eigenvalue weighted by Gasteiger charge is -2.35. The van der Waals surface area contributed by atoms with Gasteiger partial charge in [0.2, 0.25) is 0 Å². The fourth-order valence-electron chi connectivity index (χ4n) is 4.35. The maximum absolute atomic E-state index is 4.89. The first kappa shape index (κ1) is 16.6. The van der Waals surface area contributed by atoms with Gasteiger partial charge in [0.15, 0.2) is 19.9 Å². The molecule has 2 fully saturated rings. The average molecular weight is 413 g/mol. The van der Waals surface area contributed by atoms with Crippen LogP contribution < -0.4 is 10.2 Å². The Labute approximate surface area is 169 Å². The summed E-state index contributed by atoms with van der Waals surface area (Å²) in [5.41, 5.74) is 1.84. The van der Waals surface area contributed by atoms with Crippen LogP contribution in [0.5, 0.6) is 0 Å². The van der Waals surface area contributed by atoms with Crippen molar-refractivity contribution in [2.45, 2.75) is 43.8 Å². The van der Waals surface area contributed by atoms with Gasteiger partial charge in [0.1, 0.15) is 6.33 Å². The highest BCUT2D eigenvalue weighted by Gasteiger charge is 2.36. The second-order valence-electron chi connectivity index (χ2n) is 7.63. The minimum atomic E-state index is 0.574. The van der Waals surface area contributed by atoms with E-state index >= 15 is 0 Å². The summed E-state index contributed by atoms with van der Waals surface area (Å²) in [5, 5.41) is 12.5. The van der Waals surface area contributed by atoms with Crippen molar-refractivity contribution in [1.29, 1.82) is 0 Å². The predicted molar refractivity (Wildman–Crippen MR) is 111 cm³/mol. The first-order chi connectivity index (χ1) is 13.7. The van der Waals surface area contributed by atoms with Crippen molar-refractivity contribution in [1.82, 2.24) is 35.0 Å². The molecule has 0 aliphatic carbocycles. The minimum Gasteiger partial charge on any atom is -0.348 e. The lowest BCUT2D eigenvalue weighted by Crippen LogP contribution is -2.47. The van der Waals surface area contributed by atoms with Gasteiger partial charge >= 0.3 is 0 Å². The topological polar surface area (TPSA) is 87.6 Å². The number of nitrogens with one attached hydrogen (secondary N) is 2. The smallest absolute Gasteiger partial charge is 0.198 e. The molecule has 2 bridgehead atoms. The summed E-state index contributed by atoms with van der Waals surface area (Å²) in [6.45, 7) is 0. The Morgan fingerprint density at radius 1 is 1.14 bits per heavy atom. The molecule has 2 aliphatic rings. The largest absolute Gasteiger partial charge is 0.348 e. The molecule has 8 nitrogen and oxygen atoms in total. The Hall–Kier alpha value is -2.30. The summed E-state index contributed by atoms with van der Waals surface area (Å²) >= 11 is 3.29. The monoisotopic (exact) mass is 412 g/mol. The second-order valence-corrected chi connectivity index (χ2v) is 9.54. The van der Waals surface area contributed by atoms with Crippen LogP contribution in [0.3, 0.4) is 0 Å². The highest BCUT2D eigenvalue weighted by molar-refractivity contribution is 7.29. The third-order valence-electron chi connectivity index (χ3n) is 5.85. The van der Waals surface area contributed by atoms with E-state index in [9.17, 15) is 0 Å². The van der Waals surface area contributed by atoms with E-state index in [0.717, 1.165) is 31.2 Å². The first-order valence-electron chi connectivity index (χ1n) is 9.53. The number of imidazole rings is 1. The SMILES string of the molecule is CN(c1nc2sc(-n3cnc(-c4cn[nH]c4)c3)nc2s1)[C@@H]1C[C@H]2CC[C@@H](C1)N2. The van der Waals surface area contributed by atoms with E-state index < -0.39 is 0 Å². The van der Waals surface area contributed by atoms with Crippen LogP contribution in [-0.4, -0.2) is 54.9 Å². The van der Waals surface area contributed by atoms with Gasteiger partial charge in [-0.1, -0.05) is 22.7 Å². The van der Waals surface area contributed by atoms with Crippen molar-refractivity contribution in [3.63, 3.8) is 0 Å². The zero-order valence-electron chi connectivity index (χ0n) is 15.4. The molecule has 4 aromatic rings. The number of aromatic nitrogens is 6. The highest BCUT2D eigenvalue weighted by atomic mass is 32.1. The zero-order valence-corrected chi connectivity index (χ0v) is 17.0. The Morgan fingerprint density at radius 3 is 2.71 bits per heavy atom. The molecule has 0 amide bonds. The number of hydrogen-bond donors (Lipinski definition) is 2. The van der Waals surface area contributed by atoms with E-state index in [0.29, 0.717) is 18.1 Å². The summed E-state index contributed by atoms with van der Waals surface area (Å²) in [7, 11) is 2.19. The molecular weight excluding hydrogens is 392 g/mol. The normalized spacial score (nSPS) is 24.2. The minimum absolute atomic E-state index is 0.574. The lowest BCUT2D eigenvalue weighted by molar-refractivity contribution is 0.354. The molecule has 4 aromatic heterocycles. The van der Waals surface area contributed by atoms with E-state index in [1.807, 2.05) is 17.0 Å². The van der Waals surface area contributed by atoms with Crippen molar-refractivity contribution in [2.24, 2.45) is 0 Å². The quantitative estimate of drug-likeness (QED) is 0.536. The van der Waals surface area contributed by atoms with Crippen LogP contribution in [0.15, 0.2) is 24.9 Å². The van der Waals surface area contributed by atoms with E-state index in [1.165, 1.54) is 25.7 Å². The van der Waals surface area contributed by atoms with Crippen molar-refractivity contribution < 1.29 is 0 Å². The van der Waals surface area contributed by atoms with E-state index in [2.05, 4.69) is 32.4 Å². The molecule has 6 heterocycles. The second kappa shape index (κ2) is 6.36. The van der Waals surface area contributed by atoms with Crippen LogP contribution in [0.25, 0.3) is 26.0 Å². The molecule has 0 aromatic carbocycles. The summed E-state index contributed by atoms with van der Waals surface area (Å²) in [5.74, 6) is 0. The summed E-state index contributed by atoms with van der Waals surface area (Å²) in [6.07, 6.45) is 12.4. The summed E-state index contributed by atoms with van der Waals surface area (Å²) < 4.78 is 1.95. The Balaban J connectivity index is 1.25. The number of piperidine rings is 1. The fourth-order valence-corrected chi connectivity index (χ4v) is 6.36. The maximum atomic E-state index is 4.89. The molecule has 0 unspecified atom stereocenters. The van der Waals surface area contributed by atoms with Gasteiger partial charge < -0.3 is 10.2 Å². The van der Waals surface area contributed by atoms with Crippen LogP contribution >= 0.6 is 22.7 Å². The molecule has 3 atom stereocenters. The van der Waals surface area contributed by atoms with Gasteiger partial charge in [-0.15, -0.1) is 0 Å².